The van der Waals surface area contributed by atoms with Gasteiger partial charge in [-0.25, -0.2) is 4.98 Å². The van der Waals surface area contributed by atoms with E-state index in [1.54, 1.807) is 0 Å². The van der Waals surface area contributed by atoms with Crippen molar-refractivity contribution in [2.75, 3.05) is 6.61 Å². The number of rotatable bonds is 3. The summed E-state index contributed by atoms with van der Waals surface area (Å²) in [5.74, 6) is 1.56. The third-order valence-corrected chi connectivity index (χ3v) is 3.63. The largest absolute Gasteiger partial charge is 0.494 e. The highest BCUT2D eigenvalue weighted by Crippen LogP contribution is 2.29. The smallest absolute Gasteiger partial charge is 0.119 e. The lowest BCUT2D eigenvalue weighted by molar-refractivity contribution is 0.340. The normalized spacial score (nSPS) is 18.4. The molecule has 1 aromatic heterocycles. The van der Waals surface area contributed by atoms with Crippen molar-refractivity contribution in [1.82, 2.24) is 9.55 Å². The Morgan fingerprint density at radius 2 is 2.17 bits per heavy atom. The van der Waals surface area contributed by atoms with Crippen LogP contribution in [0, 0.1) is 0 Å². The zero-order valence-electron chi connectivity index (χ0n) is 10.7. The van der Waals surface area contributed by atoms with Crippen LogP contribution in [-0.2, 0) is 13.0 Å². The van der Waals surface area contributed by atoms with Crippen LogP contribution in [0.25, 0.3) is 0 Å². The summed E-state index contributed by atoms with van der Waals surface area (Å²) in [6.45, 7) is 3.78. The third kappa shape index (κ3) is 2.13. The second-order valence-corrected chi connectivity index (χ2v) is 4.77. The van der Waals surface area contributed by atoms with E-state index in [4.69, 9.17) is 4.74 Å². The number of hydrogen-bond acceptors (Lipinski definition) is 2. The predicted octanol–water partition coefficient (Wildman–Crippen LogP) is 3.01. The molecule has 3 rings (SSSR count). The molecule has 0 N–H and O–H groups in total. The van der Waals surface area contributed by atoms with E-state index >= 15 is 0 Å². The van der Waals surface area contributed by atoms with Gasteiger partial charge in [0, 0.05) is 24.4 Å². The Morgan fingerprint density at radius 3 is 2.94 bits per heavy atom. The molecule has 1 unspecified atom stereocenters. The molecule has 0 aliphatic carbocycles. The molecule has 3 heteroatoms. The molecule has 18 heavy (non-hydrogen) atoms. The SMILES string of the molecule is CCOc1ccc(C2CCc3cncn3C2)cc1. The summed E-state index contributed by atoms with van der Waals surface area (Å²) < 4.78 is 7.75. The Hall–Kier alpha value is -1.77. The van der Waals surface area contributed by atoms with Crippen molar-refractivity contribution in [1.29, 1.82) is 0 Å². The van der Waals surface area contributed by atoms with Crippen LogP contribution in [0.1, 0.15) is 30.5 Å². The predicted molar refractivity (Wildman–Crippen MR) is 70.9 cm³/mol. The first-order valence-corrected chi connectivity index (χ1v) is 6.58. The average Bonchev–Trinajstić information content (AvgIpc) is 2.87. The fourth-order valence-electron chi connectivity index (χ4n) is 2.65. The van der Waals surface area contributed by atoms with Gasteiger partial charge in [0.15, 0.2) is 0 Å². The minimum atomic E-state index is 0.599. The number of imidazole rings is 1. The van der Waals surface area contributed by atoms with Gasteiger partial charge in [0.1, 0.15) is 5.75 Å². The number of aryl methyl sites for hydroxylation is 1. The molecule has 0 amide bonds. The summed E-state index contributed by atoms with van der Waals surface area (Å²) in [5, 5.41) is 0. The molecule has 1 aromatic carbocycles. The molecular formula is C15H18N2O. The lowest BCUT2D eigenvalue weighted by atomic mass is 9.91. The number of ether oxygens (including phenoxy) is 1. The van der Waals surface area contributed by atoms with Crippen molar-refractivity contribution < 1.29 is 4.74 Å². The summed E-state index contributed by atoms with van der Waals surface area (Å²) in [5.41, 5.74) is 2.76. The Morgan fingerprint density at radius 1 is 1.33 bits per heavy atom. The van der Waals surface area contributed by atoms with Crippen LogP contribution >= 0.6 is 0 Å². The van der Waals surface area contributed by atoms with Crippen molar-refractivity contribution in [2.24, 2.45) is 0 Å². The molecule has 0 radical (unpaired) electrons. The molecule has 3 nitrogen and oxygen atoms in total. The van der Waals surface area contributed by atoms with Crippen molar-refractivity contribution >= 4 is 0 Å². The molecule has 1 aliphatic heterocycles. The Kier molecular flexibility index (Phi) is 3.05. The van der Waals surface area contributed by atoms with Gasteiger partial charge in [-0.2, -0.15) is 0 Å². The average molecular weight is 242 g/mol. The van der Waals surface area contributed by atoms with Crippen LogP contribution in [0.4, 0.5) is 0 Å². The highest BCUT2D eigenvalue weighted by Gasteiger charge is 2.19. The lowest BCUT2D eigenvalue weighted by Crippen LogP contribution is -2.17. The second-order valence-electron chi connectivity index (χ2n) is 4.77. The fourth-order valence-corrected chi connectivity index (χ4v) is 2.65. The van der Waals surface area contributed by atoms with Crippen molar-refractivity contribution in [2.45, 2.75) is 32.2 Å². The summed E-state index contributed by atoms with van der Waals surface area (Å²) in [6.07, 6.45) is 6.25. The highest BCUT2D eigenvalue weighted by molar-refractivity contribution is 5.30. The lowest BCUT2D eigenvalue weighted by Gasteiger charge is -2.24. The van der Waals surface area contributed by atoms with Gasteiger partial charge in [-0.1, -0.05) is 12.1 Å². The minimum absolute atomic E-state index is 0.599. The Bertz CT molecular complexity index is 516. The van der Waals surface area contributed by atoms with E-state index in [0.717, 1.165) is 25.3 Å². The summed E-state index contributed by atoms with van der Waals surface area (Å²) in [6, 6.07) is 8.53. The number of aromatic nitrogens is 2. The van der Waals surface area contributed by atoms with Gasteiger partial charge in [-0.15, -0.1) is 0 Å². The first-order valence-electron chi connectivity index (χ1n) is 6.58. The summed E-state index contributed by atoms with van der Waals surface area (Å²) in [7, 11) is 0. The monoisotopic (exact) mass is 242 g/mol. The molecule has 0 saturated heterocycles. The van der Waals surface area contributed by atoms with Crippen LogP contribution in [0.15, 0.2) is 36.8 Å². The van der Waals surface area contributed by atoms with Gasteiger partial charge in [0.2, 0.25) is 0 Å². The quantitative estimate of drug-likeness (QED) is 0.827. The molecule has 0 spiro atoms. The highest BCUT2D eigenvalue weighted by atomic mass is 16.5. The zero-order chi connectivity index (χ0) is 12.4. The molecule has 0 saturated carbocycles. The van der Waals surface area contributed by atoms with Crippen LogP contribution in [-0.4, -0.2) is 16.2 Å². The van der Waals surface area contributed by atoms with E-state index in [0.29, 0.717) is 5.92 Å². The van der Waals surface area contributed by atoms with Gasteiger partial charge >= 0.3 is 0 Å². The number of benzene rings is 1. The second kappa shape index (κ2) is 4.84. The van der Waals surface area contributed by atoms with E-state index in [1.165, 1.54) is 17.7 Å². The van der Waals surface area contributed by atoms with E-state index < -0.39 is 0 Å². The Labute approximate surface area is 107 Å². The summed E-state index contributed by atoms with van der Waals surface area (Å²) in [4.78, 5) is 4.21. The minimum Gasteiger partial charge on any atom is -0.494 e. The number of fused-ring (bicyclic) bond motifs is 1. The van der Waals surface area contributed by atoms with Gasteiger partial charge in [0.05, 0.1) is 12.9 Å². The molecule has 0 bridgehead atoms. The maximum atomic E-state index is 5.48. The fraction of sp³-hybridized carbons (Fsp3) is 0.400. The first kappa shape index (κ1) is 11.3. The Balaban J connectivity index is 1.76. The standard InChI is InChI=1S/C15H18N2O/c1-2-18-15-7-4-12(5-8-15)13-3-6-14-9-16-11-17(14)10-13/h4-5,7-9,11,13H,2-3,6,10H2,1H3. The van der Waals surface area contributed by atoms with Crippen molar-refractivity contribution in [3.05, 3.63) is 48.0 Å². The number of nitrogens with zero attached hydrogens (tertiary/aromatic N) is 2. The van der Waals surface area contributed by atoms with Crippen molar-refractivity contribution in [3.63, 3.8) is 0 Å². The van der Waals surface area contributed by atoms with E-state index in [1.807, 2.05) is 19.4 Å². The van der Waals surface area contributed by atoms with Crippen molar-refractivity contribution in [3.8, 4) is 5.75 Å². The molecule has 1 aliphatic rings. The van der Waals surface area contributed by atoms with Crippen LogP contribution in [0.5, 0.6) is 5.75 Å². The van der Waals surface area contributed by atoms with Gasteiger partial charge in [-0.05, 0) is 37.5 Å². The molecule has 0 fully saturated rings. The first-order chi connectivity index (χ1) is 8.86. The maximum absolute atomic E-state index is 5.48. The van der Waals surface area contributed by atoms with E-state index in [2.05, 4.69) is 33.8 Å². The molecular weight excluding hydrogens is 224 g/mol. The third-order valence-electron chi connectivity index (χ3n) is 3.63. The van der Waals surface area contributed by atoms with Crippen LogP contribution in [0.3, 0.4) is 0 Å². The summed E-state index contributed by atoms with van der Waals surface area (Å²) >= 11 is 0. The number of hydrogen-bond donors (Lipinski definition) is 0. The molecule has 2 heterocycles. The maximum Gasteiger partial charge on any atom is 0.119 e. The van der Waals surface area contributed by atoms with Gasteiger partial charge in [0.25, 0.3) is 0 Å². The van der Waals surface area contributed by atoms with E-state index in [-0.39, 0.29) is 0 Å². The molecule has 94 valence electrons. The van der Waals surface area contributed by atoms with Gasteiger partial charge < -0.3 is 9.30 Å². The van der Waals surface area contributed by atoms with E-state index in [9.17, 15) is 0 Å². The van der Waals surface area contributed by atoms with Gasteiger partial charge in [-0.3, -0.25) is 0 Å². The zero-order valence-corrected chi connectivity index (χ0v) is 10.7. The van der Waals surface area contributed by atoms with Crippen LogP contribution in [0.2, 0.25) is 0 Å². The molecule has 2 aromatic rings. The molecule has 1 atom stereocenters. The topological polar surface area (TPSA) is 27.1 Å². The van der Waals surface area contributed by atoms with Crippen LogP contribution < -0.4 is 4.74 Å².